The van der Waals surface area contributed by atoms with Gasteiger partial charge < -0.3 is 4.74 Å². The SMILES string of the molecule is C#CC(C)(C)OC1=C(F)CC(Cl)C=C1F. The van der Waals surface area contributed by atoms with Gasteiger partial charge in [-0.1, -0.05) is 5.92 Å². The average molecular weight is 233 g/mol. The van der Waals surface area contributed by atoms with Gasteiger partial charge >= 0.3 is 0 Å². The number of rotatable bonds is 2. The van der Waals surface area contributed by atoms with Gasteiger partial charge in [-0.3, -0.25) is 0 Å². The lowest BCUT2D eigenvalue weighted by Crippen LogP contribution is -2.23. The highest BCUT2D eigenvalue weighted by molar-refractivity contribution is 6.22. The quantitative estimate of drug-likeness (QED) is 0.523. The molecule has 0 aliphatic heterocycles. The van der Waals surface area contributed by atoms with Gasteiger partial charge in [0, 0.05) is 6.42 Å². The van der Waals surface area contributed by atoms with Crippen LogP contribution >= 0.6 is 11.6 Å². The maximum absolute atomic E-state index is 13.3. The molecule has 4 heteroatoms. The molecule has 0 saturated heterocycles. The van der Waals surface area contributed by atoms with Crippen molar-refractivity contribution in [3.8, 4) is 12.3 Å². The lowest BCUT2D eigenvalue weighted by Gasteiger charge is -2.24. The van der Waals surface area contributed by atoms with Crippen LogP contribution < -0.4 is 0 Å². The summed E-state index contributed by atoms with van der Waals surface area (Å²) in [7, 11) is 0. The molecule has 0 aromatic heterocycles. The summed E-state index contributed by atoms with van der Waals surface area (Å²) in [6.45, 7) is 3.10. The van der Waals surface area contributed by atoms with Crippen molar-refractivity contribution in [1.29, 1.82) is 0 Å². The van der Waals surface area contributed by atoms with Crippen molar-refractivity contribution in [3.05, 3.63) is 23.5 Å². The second-order valence-electron chi connectivity index (χ2n) is 3.73. The number of allylic oxidation sites excluding steroid dienone is 3. The molecule has 0 heterocycles. The molecule has 1 nitrogen and oxygen atoms in total. The molecule has 15 heavy (non-hydrogen) atoms. The van der Waals surface area contributed by atoms with Gasteiger partial charge in [-0.05, 0) is 19.9 Å². The van der Waals surface area contributed by atoms with Gasteiger partial charge in [0.25, 0.3) is 0 Å². The normalized spacial score (nSPS) is 22.1. The molecule has 1 aliphatic rings. The zero-order chi connectivity index (χ0) is 11.6. The highest BCUT2D eigenvalue weighted by atomic mass is 35.5. The Balaban J connectivity index is 2.92. The molecule has 0 fully saturated rings. The van der Waals surface area contributed by atoms with Gasteiger partial charge in [0.15, 0.2) is 17.2 Å². The van der Waals surface area contributed by atoms with Gasteiger partial charge in [0.05, 0.1) is 5.38 Å². The third kappa shape index (κ3) is 2.97. The molecular formula is C11H11ClF2O. The summed E-state index contributed by atoms with van der Waals surface area (Å²) in [6.07, 6.45) is 6.18. The molecule has 1 unspecified atom stereocenters. The molecule has 1 atom stereocenters. The van der Waals surface area contributed by atoms with E-state index in [0.717, 1.165) is 6.08 Å². The van der Waals surface area contributed by atoms with Crippen molar-refractivity contribution in [2.24, 2.45) is 0 Å². The van der Waals surface area contributed by atoms with Crippen LogP contribution in [0.3, 0.4) is 0 Å². The van der Waals surface area contributed by atoms with Crippen molar-refractivity contribution in [2.45, 2.75) is 31.2 Å². The second kappa shape index (κ2) is 4.24. The first-order valence-electron chi connectivity index (χ1n) is 4.43. The molecular weight excluding hydrogens is 222 g/mol. The minimum absolute atomic E-state index is 0.0784. The number of hydrogen-bond acceptors (Lipinski definition) is 1. The molecule has 0 radical (unpaired) electrons. The molecule has 0 N–H and O–H groups in total. The maximum atomic E-state index is 13.3. The van der Waals surface area contributed by atoms with E-state index in [2.05, 4.69) is 5.92 Å². The zero-order valence-corrected chi connectivity index (χ0v) is 9.24. The summed E-state index contributed by atoms with van der Waals surface area (Å²) in [4.78, 5) is 0. The number of ether oxygens (including phenoxy) is 1. The summed E-state index contributed by atoms with van der Waals surface area (Å²) in [6, 6.07) is 0. The predicted molar refractivity (Wildman–Crippen MR) is 55.6 cm³/mol. The molecule has 0 amide bonds. The summed E-state index contributed by atoms with van der Waals surface area (Å²) >= 11 is 5.59. The third-order valence-electron chi connectivity index (χ3n) is 1.87. The molecule has 0 spiro atoms. The van der Waals surface area contributed by atoms with E-state index in [1.54, 1.807) is 13.8 Å². The molecule has 1 rings (SSSR count). The van der Waals surface area contributed by atoms with Crippen LogP contribution in [0.2, 0.25) is 0 Å². The van der Waals surface area contributed by atoms with Crippen molar-refractivity contribution >= 4 is 11.6 Å². The summed E-state index contributed by atoms with van der Waals surface area (Å²) < 4.78 is 31.7. The minimum Gasteiger partial charge on any atom is -0.469 e. The minimum atomic E-state index is -1.04. The van der Waals surface area contributed by atoms with Crippen molar-refractivity contribution < 1.29 is 13.5 Å². The largest absolute Gasteiger partial charge is 0.469 e. The Morgan fingerprint density at radius 3 is 2.67 bits per heavy atom. The van der Waals surface area contributed by atoms with E-state index in [1.807, 2.05) is 0 Å². The van der Waals surface area contributed by atoms with E-state index >= 15 is 0 Å². The van der Waals surface area contributed by atoms with E-state index in [0.29, 0.717) is 0 Å². The molecule has 0 saturated carbocycles. The van der Waals surface area contributed by atoms with Crippen LogP contribution in [-0.4, -0.2) is 11.0 Å². The van der Waals surface area contributed by atoms with Crippen LogP contribution in [0.25, 0.3) is 0 Å². The topological polar surface area (TPSA) is 9.23 Å². The Labute approximate surface area is 92.8 Å². The monoisotopic (exact) mass is 232 g/mol. The Kier molecular flexibility index (Phi) is 3.41. The molecule has 1 aliphatic carbocycles. The second-order valence-corrected chi connectivity index (χ2v) is 4.29. The summed E-state index contributed by atoms with van der Waals surface area (Å²) in [5, 5.41) is -0.675. The predicted octanol–water partition coefficient (Wildman–Crippen LogP) is 3.46. The maximum Gasteiger partial charge on any atom is 0.188 e. The van der Waals surface area contributed by atoms with E-state index in [4.69, 9.17) is 22.8 Å². The van der Waals surface area contributed by atoms with E-state index in [1.165, 1.54) is 0 Å². The van der Waals surface area contributed by atoms with Gasteiger partial charge in [0.2, 0.25) is 0 Å². The van der Waals surface area contributed by atoms with Gasteiger partial charge in [0.1, 0.15) is 5.83 Å². The fourth-order valence-electron chi connectivity index (χ4n) is 1.08. The van der Waals surface area contributed by atoms with Crippen LogP contribution in [0.4, 0.5) is 8.78 Å². The lowest BCUT2D eigenvalue weighted by molar-refractivity contribution is 0.0786. The third-order valence-corrected chi connectivity index (χ3v) is 2.15. The summed E-state index contributed by atoms with van der Waals surface area (Å²) in [5.41, 5.74) is -1.04. The van der Waals surface area contributed by atoms with E-state index in [9.17, 15) is 8.78 Å². The number of alkyl halides is 1. The highest BCUT2D eigenvalue weighted by Gasteiger charge is 2.27. The van der Waals surface area contributed by atoms with Crippen LogP contribution in [0, 0.1) is 12.3 Å². The summed E-state index contributed by atoms with van der Waals surface area (Å²) in [5.74, 6) is 0.342. The number of halogens is 3. The molecule has 82 valence electrons. The average Bonchev–Trinajstić information content (AvgIpc) is 2.11. The van der Waals surface area contributed by atoms with Gasteiger partial charge in [-0.2, -0.15) is 0 Å². The highest BCUT2D eigenvalue weighted by Crippen LogP contribution is 2.33. The smallest absolute Gasteiger partial charge is 0.188 e. The van der Waals surface area contributed by atoms with E-state index < -0.39 is 28.4 Å². The zero-order valence-electron chi connectivity index (χ0n) is 8.48. The lowest BCUT2D eigenvalue weighted by atomic mass is 10.1. The first kappa shape index (κ1) is 12.1. The molecule has 0 aromatic carbocycles. The van der Waals surface area contributed by atoms with Gasteiger partial charge in [-0.25, -0.2) is 8.78 Å². The van der Waals surface area contributed by atoms with Crippen LogP contribution in [0.5, 0.6) is 0 Å². The Hall–Kier alpha value is -1.01. The van der Waals surface area contributed by atoms with Crippen molar-refractivity contribution in [3.63, 3.8) is 0 Å². The number of hydrogen-bond donors (Lipinski definition) is 0. The van der Waals surface area contributed by atoms with Crippen molar-refractivity contribution in [2.75, 3.05) is 0 Å². The Morgan fingerprint density at radius 2 is 2.20 bits per heavy atom. The van der Waals surface area contributed by atoms with Crippen LogP contribution in [-0.2, 0) is 4.74 Å². The first-order valence-corrected chi connectivity index (χ1v) is 4.86. The van der Waals surface area contributed by atoms with E-state index in [-0.39, 0.29) is 6.42 Å². The molecule has 0 aromatic rings. The van der Waals surface area contributed by atoms with Crippen LogP contribution in [0.15, 0.2) is 23.5 Å². The fraction of sp³-hybridized carbons (Fsp3) is 0.455. The van der Waals surface area contributed by atoms with Crippen LogP contribution in [0.1, 0.15) is 20.3 Å². The van der Waals surface area contributed by atoms with Gasteiger partial charge in [-0.15, -0.1) is 18.0 Å². The standard InChI is InChI=1S/C11H11ClF2O/c1-4-11(2,3)15-10-8(13)5-7(12)6-9(10)14/h1,5,7H,6H2,2-3H3. The first-order chi connectivity index (χ1) is 6.85. The Bertz CT molecular complexity index is 363. The van der Waals surface area contributed by atoms with Crippen molar-refractivity contribution in [1.82, 2.24) is 0 Å². The molecule has 0 bridgehead atoms. The Morgan fingerprint density at radius 1 is 1.60 bits per heavy atom. The fourth-order valence-corrected chi connectivity index (χ4v) is 1.32. The number of terminal acetylenes is 1.